The lowest BCUT2D eigenvalue weighted by Crippen LogP contribution is -2.41. The molecule has 3 rings (SSSR count). The number of nitrogens with zero attached hydrogens (tertiary/aromatic N) is 2. The van der Waals surface area contributed by atoms with Gasteiger partial charge in [-0.3, -0.25) is 29.8 Å². The van der Waals surface area contributed by atoms with E-state index in [1.165, 1.54) is 0 Å². The van der Waals surface area contributed by atoms with E-state index in [1.54, 1.807) is 37.4 Å². The summed E-state index contributed by atoms with van der Waals surface area (Å²) in [6.07, 6.45) is 0.225. The molecule has 3 aromatic carbocycles. The summed E-state index contributed by atoms with van der Waals surface area (Å²) in [5.74, 6) is -0.999. The summed E-state index contributed by atoms with van der Waals surface area (Å²) in [4.78, 5) is 47.7. The van der Waals surface area contributed by atoms with Gasteiger partial charge in [-0.1, -0.05) is 60.7 Å². The first-order valence-corrected chi connectivity index (χ1v) is 15.3. The van der Waals surface area contributed by atoms with E-state index in [-0.39, 0.29) is 17.9 Å². The van der Waals surface area contributed by atoms with E-state index in [4.69, 9.17) is 4.43 Å². The van der Waals surface area contributed by atoms with Crippen molar-refractivity contribution in [1.82, 2.24) is 10.6 Å². The highest BCUT2D eigenvalue weighted by Gasteiger charge is 2.30. The number of rotatable bonds is 12. The van der Waals surface area contributed by atoms with Crippen LogP contribution in [0.5, 0.6) is 0 Å². The molecule has 11 nitrogen and oxygen atoms in total. The Morgan fingerprint density at radius 3 is 1.72 bits per heavy atom. The van der Waals surface area contributed by atoms with Crippen LogP contribution in [-0.2, 0) is 9.22 Å². The van der Waals surface area contributed by atoms with Gasteiger partial charge in [0.2, 0.25) is 5.91 Å². The van der Waals surface area contributed by atoms with Crippen molar-refractivity contribution in [2.75, 3.05) is 7.11 Å². The lowest BCUT2D eigenvalue weighted by molar-refractivity contribution is -0.394. The number of nitro groups is 2. The largest absolute Gasteiger partial charge is 0.420 e. The van der Waals surface area contributed by atoms with Crippen molar-refractivity contribution in [3.63, 3.8) is 0 Å². The minimum Gasteiger partial charge on any atom is -0.420 e. The molecule has 0 radical (unpaired) electrons. The summed E-state index contributed by atoms with van der Waals surface area (Å²) in [5, 5.41) is 28.6. The zero-order valence-electron chi connectivity index (χ0n) is 21.8. The molecule has 0 spiro atoms. The number of amides is 2. The summed E-state index contributed by atoms with van der Waals surface area (Å²) in [7, 11) is -0.367. The molecular weight excluding hydrogens is 520 g/mol. The topological polar surface area (TPSA) is 154 Å². The van der Waals surface area contributed by atoms with E-state index in [2.05, 4.69) is 10.6 Å². The molecule has 0 aromatic heterocycles. The van der Waals surface area contributed by atoms with Gasteiger partial charge in [0.15, 0.2) is 8.32 Å². The fourth-order valence-electron chi connectivity index (χ4n) is 3.96. The Kier molecular flexibility index (Phi) is 9.63. The smallest absolute Gasteiger partial charge is 0.277 e. The lowest BCUT2D eigenvalue weighted by Gasteiger charge is -2.30. The van der Waals surface area contributed by atoms with Gasteiger partial charge in [-0.15, -0.1) is 0 Å². The van der Waals surface area contributed by atoms with Crippen LogP contribution < -0.4 is 10.6 Å². The van der Waals surface area contributed by atoms with Crippen LogP contribution in [0.2, 0.25) is 19.1 Å². The molecule has 12 heteroatoms. The molecule has 0 aliphatic rings. The van der Waals surface area contributed by atoms with Crippen LogP contribution in [0.1, 0.15) is 40.0 Å². The van der Waals surface area contributed by atoms with Crippen molar-refractivity contribution >= 4 is 31.5 Å². The lowest BCUT2D eigenvalue weighted by atomic mass is 9.92. The molecule has 0 saturated heterocycles. The third kappa shape index (κ3) is 8.03. The van der Waals surface area contributed by atoms with Gasteiger partial charge < -0.3 is 15.1 Å². The second-order valence-corrected chi connectivity index (χ2v) is 14.0. The summed E-state index contributed by atoms with van der Waals surface area (Å²) >= 11 is 0. The number of hydrogen-bond donors (Lipinski definition) is 2. The second kappa shape index (κ2) is 12.9. The van der Waals surface area contributed by atoms with E-state index in [1.807, 2.05) is 43.4 Å². The first kappa shape index (κ1) is 29.1. The first-order valence-electron chi connectivity index (χ1n) is 12.2. The SMILES string of the molecule is CO[Si](C)(C)CCC(=O)NC(c1ccccc1)C(NC(=O)c1cc([N+](=O)[O-])cc([N+](=O)[O-])c1)c1ccccc1. The molecule has 2 amide bonds. The number of nitro benzene ring substituents is 2. The molecule has 0 fully saturated rings. The molecule has 0 heterocycles. The molecule has 0 aliphatic carbocycles. The minimum absolute atomic E-state index is 0.225. The predicted molar refractivity (Wildman–Crippen MR) is 148 cm³/mol. The first-order chi connectivity index (χ1) is 18.5. The maximum Gasteiger partial charge on any atom is 0.277 e. The fraction of sp³-hybridized carbons (Fsp3) is 0.259. The monoisotopic (exact) mass is 550 g/mol. The third-order valence-electron chi connectivity index (χ3n) is 6.35. The standard InChI is InChI=1S/C27H30N4O7Si/c1-38-39(2,3)15-14-24(32)28-25(19-10-6-4-7-11-19)26(20-12-8-5-9-13-20)29-27(33)21-16-22(30(34)35)18-23(17-21)31(36)37/h4-13,16-18,25-26H,14-15H2,1-3H3,(H,28,32)(H,29,33). The highest BCUT2D eigenvalue weighted by molar-refractivity contribution is 6.71. The highest BCUT2D eigenvalue weighted by atomic mass is 28.4. The average molecular weight is 551 g/mol. The summed E-state index contributed by atoms with van der Waals surface area (Å²) in [6.45, 7) is 4.03. The van der Waals surface area contributed by atoms with E-state index in [0.29, 0.717) is 17.2 Å². The number of carbonyl (C=O) groups excluding carboxylic acids is 2. The van der Waals surface area contributed by atoms with Crippen molar-refractivity contribution in [3.05, 3.63) is 116 Å². The van der Waals surface area contributed by atoms with Crippen LogP contribution in [0.15, 0.2) is 78.9 Å². The van der Waals surface area contributed by atoms with Crippen LogP contribution in [0, 0.1) is 20.2 Å². The van der Waals surface area contributed by atoms with Gasteiger partial charge in [0.25, 0.3) is 17.3 Å². The number of hydrogen-bond acceptors (Lipinski definition) is 7. The highest BCUT2D eigenvalue weighted by Crippen LogP contribution is 2.31. The molecule has 39 heavy (non-hydrogen) atoms. The summed E-state index contributed by atoms with van der Waals surface area (Å²) in [6, 6.07) is 19.8. The predicted octanol–water partition coefficient (Wildman–Crippen LogP) is 5.07. The second-order valence-electron chi connectivity index (χ2n) is 9.53. The van der Waals surface area contributed by atoms with E-state index >= 15 is 0 Å². The van der Waals surface area contributed by atoms with Gasteiger partial charge in [-0.25, -0.2) is 0 Å². The van der Waals surface area contributed by atoms with E-state index in [0.717, 1.165) is 18.2 Å². The zero-order valence-corrected chi connectivity index (χ0v) is 22.8. The van der Waals surface area contributed by atoms with Crippen LogP contribution in [0.4, 0.5) is 11.4 Å². The molecule has 2 N–H and O–H groups in total. The molecule has 2 atom stereocenters. The third-order valence-corrected chi connectivity index (χ3v) is 8.91. The number of carbonyl (C=O) groups is 2. The summed E-state index contributed by atoms with van der Waals surface area (Å²) in [5.41, 5.74) is -0.0329. The zero-order chi connectivity index (χ0) is 28.6. The Morgan fingerprint density at radius 2 is 1.28 bits per heavy atom. The van der Waals surface area contributed by atoms with Crippen LogP contribution in [-0.4, -0.2) is 37.1 Å². The Morgan fingerprint density at radius 1 is 0.821 bits per heavy atom. The van der Waals surface area contributed by atoms with Crippen molar-refractivity contribution in [1.29, 1.82) is 0 Å². The molecular formula is C27H30N4O7Si. The van der Waals surface area contributed by atoms with Crippen LogP contribution >= 0.6 is 0 Å². The molecule has 0 saturated carbocycles. The number of non-ortho nitro benzene ring substituents is 2. The average Bonchev–Trinajstić information content (AvgIpc) is 2.94. The van der Waals surface area contributed by atoms with Gasteiger partial charge in [0.05, 0.1) is 33.6 Å². The van der Waals surface area contributed by atoms with Crippen molar-refractivity contribution in [2.24, 2.45) is 0 Å². The van der Waals surface area contributed by atoms with Crippen LogP contribution in [0.3, 0.4) is 0 Å². The van der Waals surface area contributed by atoms with Gasteiger partial charge in [-0.05, 0) is 30.3 Å². The van der Waals surface area contributed by atoms with Gasteiger partial charge >= 0.3 is 0 Å². The van der Waals surface area contributed by atoms with Gasteiger partial charge in [0, 0.05) is 25.7 Å². The normalized spacial score (nSPS) is 12.7. The molecule has 0 bridgehead atoms. The Labute approximate surface area is 226 Å². The molecule has 3 aromatic rings. The Hall–Kier alpha value is -4.42. The van der Waals surface area contributed by atoms with Gasteiger partial charge in [0.1, 0.15) is 0 Å². The van der Waals surface area contributed by atoms with Crippen LogP contribution in [0.25, 0.3) is 0 Å². The number of benzene rings is 3. The quantitative estimate of drug-likeness (QED) is 0.181. The van der Waals surface area contributed by atoms with Gasteiger partial charge in [-0.2, -0.15) is 0 Å². The molecule has 204 valence electrons. The van der Waals surface area contributed by atoms with E-state index < -0.39 is 47.5 Å². The van der Waals surface area contributed by atoms with Crippen molar-refractivity contribution in [2.45, 2.75) is 37.6 Å². The van der Waals surface area contributed by atoms with E-state index in [9.17, 15) is 29.8 Å². The maximum atomic E-state index is 13.4. The molecule has 0 aliphatic heterocycles. The minimum atomic E-state index is -2.00. The maximum absolute atomic E-state index is 13.4. The summed E-state index contributed by atoms with van der Waals surface area (Å²) < 4.78 is 5.56. The number of nitrogens with one attached hydrogen (secondary N) is 2. The molecule has 2 unspecified atom stereocenters. The Balaban J connectivity index is 2.01. The van der Waals surface area contributed by atoms with Crippen molar-refractivity contribution < 1.29 is 23.9 Å². The van der Waals surface area contributed by atoms with Crippen molar-refractivity contribution in [3.8, 4) is 0 Å². The Bertz CT molecular complexity index is 1300. The fourth-order valence-corrected chi connectivity index (χ4v) is 5.00.